The Hall–Kier alpha value is -3.21. The molecule has 3 saturated heterocycles. The molecule has 0 aliphatic carbocycles. The first kappa shape index (κ1) is 32.7. The van der Waals surface area contributed by atoms with Crippen molar-refractivity contribution in [3.8, 4) is 0 Å². The van der Waals surface area contributed by atoms with Gasteiger partial charge in [-0.05, 0) is 51.2 Å². The number of allylic oxidation sites excluding steroid dienone is 1. The molecule has 1 aromatic rings. The Morgan fingerprint density at radius 2 is 2.07 bits per heavy atom. The molecule has 2 N–H and O–H groups in total. The summed E-state index contributed by atoms with van der Waals surface area (Å²) in [4.78, 5) is 57.5. The lowest BCUT2D eigenvalue weighted by Crippen LogP contribution is -2.59. The Morgan fingerprint density at radius 3 is 2.70 bits per heavy atom. The van der Waals surface area contributed by atoms with Crippen LogP contribution < -0.4 is 10.2 Å². The monoisotopic (exact) mass is 615 g/mol. The van der Waals surface area contributed by atoms with Gasteiger partial charge < -0.3 is 29.7 Å². The van der Waals surface area contributed by atoms with Crippen molar-refractivity contribution in [3.05, 3.63) is 54.1 Å². The topological polar surface area (TPSA) is 125 Å². The van der Waals surface area contributed by atoms with E-state index in [4.69, 9.17) is 21.1 Å². The minimum atomic E-state index is -1.28. The number of anilines is 1. The van der Waals surface area contributed by atoms with Crippen LogP contribution in [-0.2, 0) is 28.7 Å². The van der Waals surface area contributed by atoms with Gasteiger partial charge in [0.2, 0.25) is 11.8 Å². The highest BCUT2D eigenvalue weighted by atomic mass is 35.5. The number of para-hydroxylation sites is 1. The van der Waals surface area contributed by atoms with Gasteiger partial charge in [0.15, 0.2) is 0 Å². The second-order valence-electron chi connectivity index (χ2n) is 11.6. The molecule has 10 nitrogen and oxygen atoms in total. The molecule has 3 fully saturated rings. The van der Waals surface area contributed by atoms with Crippen LogP contribution in [0.25, 0.3) is 0 Å². The van der Waals surface area contributed by atoms with E-state index in [1.807, 2.05) is 19.9 Å². The Morgan fingerprint density at radius 1 is 1.33 bits per heavy atom. The first-order chi connectivity index (χ1) is 20.6. The molecule has 234 valence electrons. The molecule has 3 aliphatic rings. The van der Waals surface area contributed by atoms with Crippen LogP contribution in [0.3, 0.4) is 0 Å². The summed E-state index contributed by atoms with van der Waals surface area (Å²) in [5.74, 6) is -3.49. The summed E-state index contributed by atoms with van der Waals surface area (Å²) in [5.41, 5.74) is -0.00159. The molecular formula is C32H42ClN3O7. The lowest BCUT2D eigenvalue weighted by molar-refractivity contribution is -0.159. The first-order valence-corrected chi connectivity index (χ1v) is 15.3. The fourth-order valence-electron chi connectivity index (χ4n) is 6.88. The highest BCUT2D eigenvalue weighted by Gasteiger charge is 2.75. The molecule has 3 heterocycles. The van der Waals surface area contributed by atoms with Crippen molar-refractivity contribution in [3.63, 3.8) is 0 Å². The van der Waals surface area contributed by atoms with E-state index in [0.717, 1.165) is 5.56 Å². The molecule has 43 heavy (non-hydrogen) atoms. The minimum absolute atomic E-state index is 0.118. The number of hydrogen-bond donors (Lipinski definition) is 2. The fraction of sp³-hybridized carbons (Fsp3) is 0.562. The maximum Gasteiger partial charge on any atom is 0.312 e. The van der Waals surface area contributed by atoms with E-state index in [2.05, 4.69) is 18.5 Å². The summed E-state index contributed by atoms with van der Waals surface area (Å²) < 4.78 is 12.2. The molecule has 3 amide bonds. The van der Waals surface area contributed by atoms with Crippen LogP contribution in [0, 0.1) is 18.8 Å². The van der Waals surface area contributed by atoms with Gasteiger partial charge in [0.25, 0.3) is 5.91 Å². The predicted molar refractivity (Wildman–Crippen MR) is 162 cm³/mol. The van der Waals surface area contributed by atoms with Crippen LogP contribution in [0.4, 0.5) is 5.69 Å². The molecule has 4 rings (SSSR count). The highest BCUT2D eigenvalue weighted by molar-refractivity contribution is 6.34. The number of rotatable bonds is 14. The Kier molecular flexibility index (Phi) is 10.4. The zero-order valence-electron chi connectivity index (χ0n) is 25.1. The van der Waals surface area contributed by atoms with Gasteiger partial charge in [-0.2, -0.15) is 0 Å². The van der Waals surface area contributed by atoms with Gasteiger partial charge in [-0.25, -0.2) is 0 Å². The van der Waals surface area contributed by atoms with Crippen molar-refractivity contribution in [1.29, 1.82) is 0 Å². The summed E-state index contributed by atoms with van der Waals surface area (Å²) >= 11 is 6.59. The molecule has 3 aliphatic heterocycles. The largest absolute Gasteiger partial charge is 0.460 e. The number of likely N-dealkylation sites (tertiary alicyclic amines) is 1. The predicted octanol–water partition coefficient (Wildman–Crippen LogP) is 3.33. The number of nitrogens with zero attached hydrogens (tertiary/aromatic N) is 2. The number of amides is 3. The molecule has 0 radical (unpaired) electrons. The lowest BCUT2D eigenvalue weighted by Gasteiger charge is -2.39. The van der Waals surface area contributed by atoms with Gasteiger partial charge in [-0.1, -0.05) is 42.8 Å². The Balaban J connectivity index is 1.66. The van der Waals surface area contributed by atoms with Crippen LogP contribution in [-0.4, -0.2) is 83.3 Å². The number of hydrogen-bond acceptors (Lipinski definition) is 7. The maximum absolute atomic E-state index is 14.6. The number of fused-ring (bicyclic) bond motifs is 1. The fourth-order valence-corrected chi connectivity index (χ4v) is 7.20. The van der Waals surface area contributed by atoms with Crippen molar-refractivity contribution in [2.45, 2.75) is 82.8 Å². The average molecular weight is 616 g/mol. The van der Waals surface area contributed by atoms with E-state index in [1.54, 1.807) is 31.2 Å². The quantitative estimate of drug-likeness (QED) is 0.243. The molecular weight excluding hydrogens is 574 g/mol. The van der Waals surface area contributed by atoms with Gasteiger partial charge in [0.05, 0.1) is 47.8 Å². The summed E-state index contributed by atoms with van der Waals surface area (Å²) in [6.45, 7) is 12.7. The zero-order valence-corrected chi connectivity index (χ0v) is 25.8. The molecule has 0 aromatic heterocycles. The van der Waals surface area contributed by atoms with Crippen LogP contribution in [0.15, 0.2) is 43.5 Å². The summed E-state index contributed by atoms with van der Waals surface area (Å²) in [6, 6.07) is 3.58. The van der Waals surface area contributed by atoms with Crippen molar-refractivity contribution >= 4 is 41.0 Å². The standard InChI is InChI=1S/C32H42ClN3O7/c1-6-9-13-24(38)34-17-20(5)42-31(41)25-23-14-15-32(43-23)26(25)29(39)36(21(8-3)18-37)28(32)30(40)35(16-7-2)27-19(4)11-10-12-22(27)33/h6-7,10-12,20-21,23,25-26,28,37H,1-2,8-9,13-18H2,3-5H3,(H,34,38)/t20-,21+,23-,25+,26+,28-,32+/m1/s1. The number of esters is 1. The van der Waals surface area contributed by atoms with Gasteiger partial charge in [0, 0.05) is 13.0 Å². The molecule has 1 spiro atoms. The third-order valence-corrected chi connectivity index (χ3v) is 9.14. The molecule has 1 aromatic carbocycles. The van der Waals surface area contributed by atoms with Gasteiger partial charge >= 0.3 is 5.97 Å². The van der Waals surface area contributed by atoms with E-state index in [0.29, 0.717) is 36.4 Å². The normalized spacial score (nSPS) is 26.9. The van der Waals surface area contributed by atoms with Crippen LogP contribution >= 0.6 is 11.6 Å². The van der Waals surface area contributed by atoms with E-state index < -0.39 is 59.5 Å². The number of benzene rings is 1. The van der Waals surface area contributed by atoms with Crippen LogP contribution in [0.2, 0.25) is 5.02 Å². The van der Waals surface area contributed by atoms with E-state index in [-0.39, 0.29) is 32.0 Å². The molecule has 7 atom stereocenters. The highest BCUT2D eigenvalue weighted by Crippen LogP contribution is 2.59. The number of carbonyl (C=O) groups is 4. The number of halogens is 1. The van der Waals surface area contributed by atoms with E-state index in [1.165, 1.54) is 9.80 Å². The SMILES string of the molecule is C=CCCC(=O)NC[C@@H](C)OC(=O)[C@@H]1[C@H]2C(=O)N([C@@H](CC)CO)[C@H](C(=O)N(CC=C)c3c(C)cccc3Cl)[C@]23CC[C@H]1O3. The number of aliphatic hydroxyl groups is 1. The number of carbonyl (C=O) groups excluding carboxylic acids is 4. The van der Waals surface area contributed by atoms with Crippen LogP contribution in [0.5, 0.6) is 0 Å². The average Bonchev–Trinajstić information content (AvgIpc) is 3.62. The van der Waals surface area contributed by atoms with Gasteiger partial charge in [-0.15, -0.1) is 13.2 Å². The summed E-state index contributed by atoms with van der Waals surface area (Å²) in [6.07, 6.45) is 4.07. The van der Waals surface area contributed by atoms with E-state index in [9.17, 15) is 24.3 Å². The Labute approximate surface area is 258 Å². The van der Waals surface area contributed by atoms with E-state index >= 15 is 0 Å². The summed E-state index contributed by atoms with van der Waals surface area (Å²) in [5, 5.41) is 13.4. The van der Waals surface area contributed by atoms with Crippen molar-refractivity contribution in [1.82, 2.24) is 10.2 Å². The molecule has 11 heteroatoms. The maximum atomic E-state index is 14.6. The van der Waals surface area contributed by atoms with Crippen molar-refractivity contribution < 1.29 is 33.8 Å². The molecule has 0 unspecified atom stereocenters. The number of ether oxygens (including phenoxy) is 2. The third-order valence-electron chi connectivity index (χ3n) is 8.84. The third kappa shape index (κ3) is 5.97. The van der Waals surface area contributed by atoms with Gasteiger partial charge in [0.1, 0.15) is 17.7 Å². The van der Waals surface area contributed by atoms with Crippen LogP contribution in [0.1, 0.15) is 51.5 Å². The minimum Gasteiger partial charge on any atom is -0.460 e. The zero-order chi connectivity index (χ0) is 31.5. The van der Waals surface area contributed by atoms with Crippen molar-refractivity contribution in [2.75, 3.05) is 24.6 Å². The first-order valence-electron chi connectivity index (χ1n) is 14.9. The van der Waals surface area contributed by atoms with Crippen molar-refractivity contribution in [2.24, 2.45) is 11.8 Å². The summed E-state index contributed by atoms with van der Waals surface area (Å²) in [7, 11) is 0. The second kappa shape index (κ2) is 13.6. The smallest absolute Gasteiger partial charge is 0.312 e. The molecule has 0 saturated carbocycles. The number of aryl methyl sites for hydroxylation is 1. The lowest BCUT2D eigenvalue weighted by atomic mass is 9.70. The number of nitrogens with one attached hydrogen (secondary N) is 1. The second-order valence-corrected chi connectivity index (χ2v) is 12.0. The molecule has 2 bridgehead atoms. The van der Waals surface area contributed by atoms with Gasteiger partial charge in [-0.3, -0.25) is 19.2 Å². The Bertz CT molecular complexity index is 1250. The number of aliphatic hydroxyl groups excluding tert-OH is 1.